The highest BCUT2D eigenvalue weighted by atomic mass is 19.1. The molecule has 0 N–H and O–H groups in total. The molecule has 0 saturated heterocycles. The Bertz CT molecular complexity index is 296. The molecule has 0 aromatic heterocycles. The quantitative estimate of drug-likeness (QED) is 0.716. The maximum atomic E-state index is 12.4. The van der Waals surface area contributed by atoms with Gasteiger partial charge in [0.15, 0.2) is 0 Å². The first kappa shape index (κ1) is 11.0. The van der Waals surface area contributed by atoms with E-state index in [0.29, 0.717) is 6.61 Å². The van der Waals surface area contributed by atoms with E-state index in [1.807, 2.05) is 39.0 Å². The first-order valence-electron chi connectivity index (χ1n) is 4.98. The minimum absolute atomic E-state index is 0.0465. The summed E-state index contributed by atoms with van der Waals surface area (Å²) in [5, 5.41) is 0. The van der Waals surface area contributed by atoms with Gasteiger partial charge in [-0.1, -0.05) is 19.1 Å². The van der Waals surface area contributed by atoms with E-state index in [9.17, 15) is 4.39 Å². The van der Waals surface area contributed by atoms with Gasteiger partial charge >= 0.3 is 0 Å². The standard InChI is InChI=1S/C12H17FO/c1-4-14-12-7-11(10(3)8-13)6-5-9(12)2/h5-7,10H,4,8H2,1-3H3. The Morgan fingerprint density at radius 3 is 2.71 bits per heavy atom. The van der Waals surface area contributed by atoms with Gasteiger partial charge in [-0.25, -0.2) is 0 Å². The number of benzene rings is 1. The number of halogens is 1. The smallest absolute Gasteiger partial charge is 0.122 e. The van der Waals surface area contributed by atoms with Crippen LogP contribution < -0.4 is 4.74 Å². The lowest BCUT2D eigenvalue weighted by molar-refractivity contribution is 0.337. The van der Waals surface area contributed by atoms with Crippen molar-refractivity contribution in [2.24, 2.45) is 0 Å². The Balaban J connectivity index is 2.93. The van der Waals surface area contributed by atoms with Gasteiger partial charge in [0.05, 0.1) is 13.3 Å². The monoisotopic (exact) mass is 196 g/mol. The highest BCUT2D eigenvalue weighted by Gasteiger charge is 2.07. The molecule has 1 rings (SSSR count). The molecule has 0 radical (unpaired) electrons. The third kappa shape index (κ3) is 2.47. The first-order chi connectivity index (χ1) is 6.69. The van der Waals surface area contributed by atoms with Crippen molar-refractivity contribution in [1.29, 1.82) is 0 Å². The molecule has 2 heteroatoms. The van der Waals surface area contributed by atoms with Crippen LogP contribution in [0, 0.1) is 6.92 Å². The van der Waals surface area contributed by atoms with E-state index in [-0.39, 0.29) is 12.6 Å². The fourth-order valence-electron chi connectivity index (χ4n) is 1.32. The van der Waals surface area contributed by atoms with Crippen molar-refractivity contribution in [3.05, 3.63) is 29.3 Å². The number of alkyl halides is 1. The van der Waals surface area contributed by atoms with E-state index < -0.39 is 0 Å². The molecule has 0 saturated carbocycles. The number of aryl methyl sites for hydroxylation is 1. The van der Waals surface area contributed by atoms with Gasteiger partial charge < -0.3 is 4.74 Å². The molecule has 78 valence electrons. The summed E-state index contributed by atoms with van der Waals surface area (Å²) in [6.45, 7) is 6.14. The third-order valence-electron chi connectivity index (χ3n) is 2.31. The summed E-state index contributed by atoms with van der Waals surface area (Å²) in [7, 11) is 0. The molecule has 0 bridgehead atoms. The Morgan fingerprint density at radius 2 is 2.14 bits per heavy atom. The van der Waals surface area contributed by atoms with Crippen LogP contribution in [0.4, 0.5) is 4.39 Å². The zero-order chi connectivity index (χ0) is 10.6. The summed E-state index contributed by atoms with van der Waals surface area (Å²) in [6, 6.07) is 5.87. The number of hydrogen-bond acceptors (Lipinski definition) is 1. The van der Waals surface area contributed by atoms with Crippen molar-refractivity contribution in [3.63, 3.8) is 0 Å². The molecule has 1 aromatic carbocycles. The Hall–Kier alpha value is -1.05. The second kappa shape index (κ2) is 4.99. The molecule has 1 nitrogen and oxygen atoms in total. The van der Waals surface area contributed by atoms with E-state index in [1.165, 1.54) is 0 Å². The maximum Gasteiger partial charge on any atom is 0.122 e. The molecule has 0 aliphatic carbocycles. The van der Waals surface area contributed by atoms with Gasteiger partial charge in [-0.15, -0.1) is 0 Å². The Labute approximate surface area is 84.9 Å². The minimum Gasteiger partial charge on any atom is -0.494 e. The van der Waals surface area contributed by atoms with Crippen LogP contribution in [0.5, 0.6) is 5.75 Å². The molecule has 0 amide bonds. The van der Waals surface area contributed by atoms with Crippen LogP contribution in [-0.2, 0) is 0 Å². The van der Waals surface area contributed by atoms with Gasteiger partial charge in [-0.2, -0.15) is 0 Å². The SMILES string of the molecule is CCOc1cc(C(C)CF)ccc1C. The fourth-order valence-corrected chi connectivity index (χ4v) is 1.32. The molecular weight excluding hydrogens is 179 g/mol. The van der Waals surface area contributed by atoms with E-state index >= 15 is 0 Å². The highest BCUT2D eigenvalue weighted by molar-refractivity contribution is 5.37. The number of ether oxygens (including phenoxy) is 1. The zero-order valence-corrected chi connectivity index (χ0v) is 9.01. The summed E-state index contributed by atoms with van der Waals surface area (Å²) < 4.78 is 17.9. The third-order valence-corrected chi connectivity index (χ3v) is 2.31. The van der Waals surface area contributed by atoms with Gasteiger partial charge in [0.25, 0.3) is 0 Å². The van der Waals surface area contributed by atoms with Gasteiger partial charge in [0.1, 0.15) is 5.75 Å². The molecule has 0 fully saturated rings. The van der Waals surface area contributed by atoms with Gasteiger partial charge in [0, 0.05) is 5.92 Å². The van der Waals surface area contributed by atoms with Gasteiger partial charge in [-0.3, -0.25) is 4.39 Å². The topological polar surface area (TPSA) is 9.23 Å². The average molecular weight is 196 g/mol. The fraction of sp³-hybridized carbons (Fsp3) is 0.500. The Kier molecular flexibility index (Phi) is 3.93. The second-order valence-corrected chi connectivity index (χ2v) is 3.51. The predicted molar refractivity (Wildman–Crippen MR) is 56.7 cm³/mol. The van der Waals surface area contributed by atoms with Gasteiger partial charge in [-0.05, 0) is 31.0 Å². The van der Waals surface area contributed by atoms with Crippen LogP contribution in [-0.4, -0.2) is 13.3 Å². The van der Waals surface area contributed by atoms with Crippen LogP contribution in [0.2, 0.25) is 0 Å². The van der Waals surface area contributed by atoms with Gasteiger partial charge in [0.2, 0.25) is 0 Å². The largest absolute Gasteiger partial charge is 0.494 e. The highest BCUT2D eigenvalue weighted by Crippen LogP contribution is 2.24. The van der Waals surface area contributed by atoms with Crippen LogP contribution >= 0.6 is 0 Å². The normalized spacial score (nSPS) is 12.6. The Morgan fingerprint density at radius 1 is 1.43 bits per heavy atom. The summed E-state index contributed by atoms with van der Waals surface area (Å²) >= 11 is 0. The summed E-state index contributed by atoms with van der Waals surface area (Å²) in [5.74, 6) is 0.820. The molecular formula is C12H17FO. The predicted octanol–water partition coefficient (Wildman–Crippen LogP) is 3.47. The van der Waals surface area contributed by atoms with Crippen molar-refractivity contribution >= 4 is 0 Å². The van der Waals surface area contributed by atoms with Crippen molar-refractivity contribution in [3.8, 4) is 5.75 Å². The number of hydrogen-bond donors (Lipinski definition) is 0. The van der Waals surface area contributed by atoms with Crippen LogP contribution in [0.3, 0.4) is 0 Å². The van der Waals surface area contributed by atoms with E-state index in [4.69, 9.17) is 4.74 Å². The lowest BCUT2D eigenvalue weighted by atomic mass is 10.0. The van der Waals surface area contributed by atoms with Crippen LogP contribution in [0.1, 0.15) is 30.9 Å². The molecule has 0 heterocycles. The summed E-state index contributed by atoms with van der Waals surface area (Å²) in [5.41, 5.74) is 2.10. The molecule has 14 heavy (non-hydrogen) atoms. The second-order valence-electron chi connectivity index (χ2n) is 3.51. The molecule has 0 spiro atoms. The molecule has 1 atom stereocenters. The van der Waals surface area contributed by atoms with Crippen molar-refractivity contribution in [2.45, 2.75) is 26.7 Å². The van der Waals surface area contributed by atoms with Crippen molar-refractivity contribution in [1.82, 2.24) is 0 Å². The van der Waals surface area contributed by atoms with Crippen molar-refractivity contribution in [2.75, 3.05) is 13.3 Å². The summed E-state index contributed by atoms with van der Waals surface area (Å²) in [4.78, 5) is 0. The molecule has 0 aliphatic rings. The summed E-state index contributed by atoms with van der Waals surface area (Å²) in [6.07, 6.45) is 0. The van der Waals surface area contributed by atoms with E-state index in [1.54, 1.807) is 0 Å². The molecule has 1 unspecified atom stereocenters. The first-order valence-corrected chi connectivity index (χ1v) is 4.98. The van der Waals surface area contributed by atoms with E-state index in [2.05, 4.69) is 0 Å². The number of rotatable bonds is 4. The zero-order valence-electron chi connectivity index (χ0n) is 9.01. The average Bonchev–Trinajstić information content (AvgIpc) is 2.20. The molecule has 1 aromatic rings. The van der Waals surface area contributed by atoms with Crippen LogP contribution in [0.25, 0.3) is 0 Å². The van der Waals surface area contributed by atoms with Crippen LogP contribution in [0.15, 0.2) is 18.2 Å². The maximum absolute atomic E-state index is 12.4. The van der Waals surface area contributed by atoms with Crippen molar-refractivity contribution < 1.29 is 9.13 Å². The lowest BCUT2D eigenvalue weighted by Gasteiger charge is -2.12. The lowest BCUT2D eigenvalue weighted by Crippen LogP contribution is -1.99. The molecule has 0 aliphatic heterocycles. The van der Waals surface area contributed by atoms with E-state index in [0.717, 1.165) is 16.9 Å². The minimum atomic E-state index is -0.325.